The molecular formula is C22H17FN2O2S. The lowest BCUT2D eigenvalue weighted by molar-refractivity contribution is 0.0690. The van der Waals surface area contributed by atoms with E-state index < -0.39 is 5.97 Å². The Morgan fingerprint density at radius 1 is 1.29 bits per heavy atom. The first-order valence-electron chi connectivity index (χ1n) is 9.16. The number of fused-ring (bicyclic) bond motifs is 1. The van der Waals surface area contributed by atoms with E-state index in [-0.39, 0.29) is 11.5 Å². The fourth-order valence-corrected chi connectivity index (χ4v) is 4.36. The van der Waals surface area contributed by atoms with Crippen LogP contribution in [-0.2, 0) is 6.42 Å². The van der Waals surface area contributed by atoms with Crippen molar-refractivity contribution in [1.29, 1.82) is 0 Å². The quantitative estimate of drug-likeness (QED) is 0.465. The number of halogens is 1. The number of rotatable bonds is 5. The molecule has 28 heavy (non-hydrogen) atoms. The molecule has 3 heterocycles. The summed E-state index contributed by atoms with van der Waals surface area (Å²) in [5.74, 6) is -0.895. The van der Waals surface area contributed by atoms with Crippen LogP contribution in [0.3, 0.4) is 0 Å². The van der Waals surface area contributed by atoms with Crippen LogP contribution in [0, 0.1) is 5.82 Å². The molecule has 5 rings (SSSR count). The lowest BCUT2D eigenvalue weighted by Crippen LogP contribution is -2.03. The largest absolute Gasteiger partial charge is 0.477 e. The molecule has 0 aliphatic heterocycles. The van der Waals surface area contributed by atoms with Crippen molar-refractivity contribution in [2.24, 2.45) is 0 Å². The molecule has 1 aliphatic rings. The molecule has 4 aromatic rings. The molecule has 0 amide bonds. The Kier molecular flexibility index (Phi) is 4.02. The zero-order valence-electron chi connectivity index (χ0n) is 14.9. The number of carbonyl (C=O) groups is 1. The van der Waals surface area contributed by atoms with E-state index in [4.69, 9.17) is 0 Å². The third-order valence-corrected chi connectivity index (χ3v) is 5.92. The topological polar surface area (TPSA) is 66.0 Å². The van der Waals surface area contributed by atoms with Gasteiger partial charge in [0.15, 0.2) is 0 Å². The van der Waals surface area contributed by atoms with Crippen LogP contribution in [0.25, 0.3) is 22.2 Å². The molecule has 0 saturated heterocycles. The number of carboxylic acids is 1. The van der Waals surface area contributed by atoms with Crippen molar-refractivity contribution in [2.75, 3.05) is 0 Å². The van der Waals surface area contributed by atoms with Gasteiger partial charge in [0, 0.05) is 34.0 Å². The maximum absolute atomic E-state index is 14.7. The summed E-state index contributed by atoms with van der Waals surface area (Å²) in [6.07, 6.45) is 2.51. The average molecular weight is 392 g/mol. The van der Waals surface area contributed by atoms with E-state index in [2.05, 4.69) is 9.97 Å². The number of aromatic carboxylic acids is 1. The average Bonchev–Trinajstić information content (AvgIpc) is 3.27. The second kappa shape index (κ2) is 6.56. The Balaban J connectivity index is 1.67. The van der Waals surface area contributed by atoms with E-state index in [0.717, 1.165) is 46.1 Å². The van der Waals surface area contributed by atoms with Crippen molar-refractivity contribution in [3.63, 3.8) is 0 Å². The normalized spacial score (nSPS) is 13.9. The molecule has 4 nitrogen and oxygen atoms in total. The number of hydrogen-bond donors (Lipinski definition) is 2. The van der Waals surface area contributed by atoms with Gasteiger partial charge in [0.1, 0.15) is 11.5 Å². The van der Waals surface area contributed by atoms with E-state index in [1.807, 2.05) is 22.9 Å². The molecule has 0 radical (unpaired) electrons. The van der Waals surface area contributed by atoms with E-state index in [0.29, 0.717) is 18.0 Å². The molecule has 0 bridgehead atoms. The Morgan fingerprint density at radius 3 is 2.86 bits per heavy atom. The number of carboxylic acid groups (broad SMARTS) is 1. The molecule has 0 unspecified atom stereocenters. The highest BCUT2D eigenvalue weighted by Gasteiger charge is 2.28. The first-order chi connectivity index (χ1) is 13.6. The maximum Gasteiger partial charge on any atom is 0.354 e. The van der Waals surface area contributed by atoms with Crippen molar-refractivity contribution in [1.82, 2.24) is 9.97 Å². The van der Waals surface area contributed by atoms with E-state index in [1.54, 1.807) is 29.5 Å². The lowest BCUT2D eigenvalue weighted by atomic mass is 10.00. The first kappa shape index (κ1) is 17.1. The number of nitrogens with one attached hydrogen (secondary N) is 1. The molecule has 3 aromatic heterocycles. The summed E-state index contributed by atoms with van der Waals surface area (Å²) in [5, 5.41) is 14.1. The first-order valence-corrected chi connectivity index (χ1v) is 10.1. The maximum atomic E-state index is 14.7. The standard InChI is InChI=1S/C22H17FN2O2S/c23-18-9-16-17(8-14-2-1-3-19(24-14)22(26)27)21(13-6-7-28-11-13)25-20(16)10-15(18)12-4-5-12/h1-3,6-7,9-12,25H,4-5,8H2,(H,26,27). The van der Waals surface area contributed by atoms with Crippen LogP contribution in [0.15, 0.2) is 47.2 Å². The van der Waals surface area contributed by atoms with Gasteiger partial charge in [-0.3, -0.25) is 0 Å². The van der Waals surface area contributed by atoms with Gasteiger partial charge in [-0.1, -0.05) is 6.07 Å². The fourth-order valence-electron chi connectivity index (χ4n) is 3.71. The predicted octanol–water partition coefficient (Wildman–Crippen LogP) is 5.60. The number of benzene rings is 1. The van der Waals surface area contributed by atoms with Gasteiger partial charge in [0.25, 0.3) is 0 Å². The van der Waals surface area contributed by atoms with Crippen molar-refractivity contribution >= 4 is 28.2 Å². The summed E-state index contributed by atoms with van der Waals surface area (Å²) in [7, 11) is 0. The number of nitrogens with zero attached hydrogens (tertiary/aromatic N) is 1. The second-order valence-corrected chi connectivity index (χ2v) is 7.96. The predicted molar refractivity (Wildman–Crippen MR) is 108 cm³/mol. The molecule has 1 fully saturated rings. The minimum absolute atomic E-state index is 0.0108. The molecule has 140 valence electrons. The van der Waals surface area contributed by atoms with Gasteiger partial charge in [-0.05, 0) is 65.6 Å². The van der Waals surface area contributed by atoms with Crippen molar-refractivity contribution in [3.05, 3.63) is 75.5 Å². The highest BCUT2D eigenvalue weighted by molar-refractivity contribution is 7.08. The second-order valence-electron chi connectivity index (χ2n) is 7.18. The van der Waals surface area contributed by atoms with E-state index in [9.17, 15) is 14.3 Å². The van der Waals surface area contributed by atoms with Crippen LogP contribution in [0.1, 0.15) is 46.1 Å². The molecule has 1 aliphatic carbocycles. The van der Waals surface area contributed by atoms with Crippen LogP contribution in [-0.4, -0.2) is 21.0 Å². The van der Waals surface area contributed by atoms with Gasteiger partial charge < -0.3 is 10.1 Å². The Morgan fingerprint density at radius 2 is 2.14 bits per heavy atom. The molecule has 0 atom stereocenters. The number of pyridine rings is 1. The lowest BCUT2D eigenvalue weighted by Gasteiger charge is -2.06. The zero-order chi connectivity index (χ0) is 19.3. The van der Waals surface area contributed by atoms with Gasteiger partial charge >= 0.3 is 5.97 Å². The van der Waals surface area contributed by atoms with Crippen molar-refractivity contribution in [2.45, 2.75) is 25.2 Å². The number of thiophene rings is 1. The summed E-state index contributed by atoms with van der Waals surface area (Å²) < 4.78 is 14.7. The number of hydrogen-bond acceptors (Lipinski definition) is 3. The van der Waals surface area contributed by atoms with Gasteiger partial charge in [0.05, 0.1) is 5.69 Å². The molecule has 1 saturated carbocycles. The fraction of sp³-hybridized carbons (Fsp3) is 0.182. The summed E-state index contributed by atoms with van der Waals surface area (Å²) in [5.41, 5.74) is 5.26. The van der Waals surface area contributed by atoms with Crippen LogP contribution in [0.4, 0.5) is 4.39 Å². The molecule has 2 N–H and O–H groups in total. The summed E-state index contributed by atoms with van der Waals surface area (Å²) in [4.78, 5) is 19.0. The smallest absolute Gasteiger partial charge is 0.354 e. The third kappa shape index (κ3) is 2.99. The number of aromatic amines is 1. The van der Waals surface area contributed by atoms with Gasteiger partial charge in [0.2, 0.25) is 0 Å². The monoisotopic (exact) mass is 392 g/mol. The van der Waals surface area contributed by atoms with Crippen molar-refractivity contribution < 1.29 is 14.3 Å². The highest BCUT2D eigenvalue weighted by atomic mass is 32.1. The van der Waals surface area contributed by atoms with E-state index in [1.165, 1.54) is 6.07 Å². The molecule has 0 spiro atoms. The summed E-state index contributed by atoms with van der Waals surface area (Å²) >= 11 is 1.60. The summed E-state index contributed by atoms with van der Waals surface area (Å²) in [6, 6.07) is 10.5. The highest BCUT2D eigenvalue weighted by Crippen LogP contribution is 2.43. The summed E-state index contributed by atoms with van der Waals surface area (Å²) in [6.45, 7) is 0. The number of H-pyrrole nitrogens is 1. The molecule has 6 heteroatoms. The van der Waals surface area contributed by atoms with E-state index >= 15 is 0 Å². The van der Waals surface area contributed by atoms with Crippen LogP contribution < -0.4 is 0 Å². The van der Waals surface area contributed by atoms with Crippen LogP contribution >= 0.6 is 11.3 Å². The minimum atomic E-state index is -1.06. The minimum Gasteiger partial charge on any atom is -0.477 e. The van der Waals surface area contributed by atoms with Gasteiger partial charge in [-0.2, -0.15) is 11.3 Å². The molecule has 1 aromatic carbocycles. The van der Waals surface area contributed by atoms with Crippen LogP contribution in [0.2, 0.25) is 0 Å². The van der Waals surface area contributed by atoms with Gasteiger partial charge in [-0.15, -0.1) is 0 Å². The number of aromatic nitrogens is 2. The third-order valence-electron chi connectivity index (χ3n) is 5.23. The SMILES string of the molecule is O=C(O)c1cccc(Cc2c(-c3ccsc3)[nH]c3cc(C4CC4)c(F)cc23)n1. The van der Waals surface area contributed by atoms with Crippen molar-refractivity contribution in [3.8, 4) is 11.3 Å². The Bertz CT molecular complexity index is 1190. The zero-order valence-corrected chi connectivity index (χ0v) is 15.7. The van der Waals surface area contributed by atoms with Gasteiger partial charge in [-0.25, -0.2) is 14.2 Å². The Labute approximate surface area is 164 Å². The van der Waals surface area contributed by atoms with Crippen LogP contribution in [0.5, 0.6) is 0 Å². The molecular weight excluding hydrogens is 375 g/mol. The Hall–Kier alpha value is -2.99.